The molecule has 2 fully saturated rings. The van der Waals surface area contributed by atoms with E-state index in [2.05, 4.69) is 18.8 Å². The minimum Gasteiger partial charge on any atom is -0.478 e. The van der Waals surface area contributed by atoms with Gasteiger partial charge >= 0.3 is 5.97 Å². The highest BCUT2D eigenvalue weighted by atomic mass is 16.5. The molecule has 2 aliphatic rings. The van der Waals surface area contributed by atoms with E-state index in [1.807, 2.05) is 0 Å². The van der Waals surface area contributed by atoms with Gasteiger partial charge in [-0.2, -0.15) is 0 Å². The molecule has 3 rings (SSSR count). The SMILES string of the molecule is CCCCCOc1ccc(OC(=O)[C@H]2CC[C@H]([C@H]3CC[C@H](CCCC)CC3)CC2)cn1. The van der Waals surface area contributed by atoms with Gasteiger partial charge in [0.05, 0.1) is 18.7 Å². The van der Waals surface area contributed by atoms with Gasteiger partial charge in [-0.3, -0.25) is 4.79 Å². The number of nitrogens with zero attached hydrogens (tertiary/aromatic N) is 1. The molecule has 0 aliphatic heterocycles. The van der Waals surface area contributed by atoms with Crippen molar-refractivity contribution in [1.82, 2.24) is 4.98 Å². The van der Waals surface area contributed by atoms with Crippen molar-refractivity contribution in [1.29, 1.82) is 0 Å². The molecule has 4 nitrogen and oxygen atoms in total. The number of aromatic nitrogens is 1. The Kier molecular flexibility index (Phi) is 10.2. The third kappa shape index (κ3) is 7.80. The lowest BCUT2D eigenvalue weighted by atomic mass is 9.68. The third-order valence-corrected chi connectivity index (χ3v) is 7.55. The van der Waals surface area contributed by atoms with Crippen molar-refractivity contribution in [3.05, 3.63) is 18.3 Å². The lowest BCUT2D eigenvalue weighted by molar-refractivity contribution is -0.140. The van der Waals surface area contributed by atoms with Crippen LogP contribution in [0.1, 0.15) is 104 Å². The fourth-order valence-electron chi connectivity index (χ4n) is 5.51. The molecule has 1 aromatic rings. The second-order valence-electron chi connectivity index (χ2n) is 9.84. The van der Waals surface area contributed by atoms with Crippen molar-refractivity contribution in [3.8, 4) is 11.6 Å². The van der Waals surface area contributed by atoms with Crippen LogP contribution in [-0.2, 0) is 4.79 Å². The largest absolute Gasteiger partial charge is 0.478 e. The van der Waals surface area contributed by atoms with Gasteiger partial charge in [0, 0.05) is 6.07 Å². The zero-order valence-corrected chi connectivity index (χ0v) is 19.8. The van der Waals surface area contributed by atoms with Crippen molar-refractivity contribution in [2.75, 3.05) is 6.61 Å². The first-order valence-corrected chi connectivity index (χ1v) is 13.0. The van der Waals surface area contributed by atoms with Crippen LogP contribution in [0, 0.1) is 23.7 Å². The van der Waals surface area contributed by atoms with E-state index < -0.39 is 0 Å². The van der Waals surface area contributed by atoms with E-state index in [1.165, 1.54) is 64.2 Å². The van der Waals surface area contributed by atoms with Gasteiger partial charge in [-0.05, 0) is 68.8 Å². The van der Waals surface area contributed by atoms with Crippen LogP contribution in [0.15, 0.2) is 18.3 Å². The molecule has 0 amide bonds. The van der Waals surface area contributed by atoms with E-state index in [0.717, 1.165) is 43.4 Å². The van der Waals surface area contributed by atoms with Crippen molar-refractivity contribution < 1.29 is 14.3 Å². The van der Waals surface area contributed by atoms with Crippen molar-refractivity contribution in [2.45, 2.75) is 104 Å². The van der Waals surface area contributed by atoms with Crippen molar-refractivity contribution in [2.24, 2.45) is 23.7 Å². The van der Waals surface area contributed by atoms with Gasteiger partial charge in [0.2, 0.25) is 5.88 Å². The van der Waals surface area contributed by atoms with Crippen molar-refractivity contribution >= 4 is 5.97 Å². The molecule has 2 saturated carbocycles. The molecule has 0 unspecified atom stereocenters. The fourth-order valence-corrected chi connectivity index (χ4v) is 5.51. The van der Waals surface area contributed by atoms with E-state index in [9.17, 15) is 4.79 Å². The summed E-state index contributed by atoms with van der Waals surface area (Å²) in [4.78, 5) is 16.9. The second kappa shape index (κ2) is 13.1. The number of esters is 1. The summed E-state index contributed by atoms with van der Waals surface area (Å²) < 4.78 is 11.3. The van der Waals surface area contributed by atoms with E-state index in [0.29, 0.717) is 18.2 Å². The fraction of sp³-hybridized carbons (Fsp3) is 0.778. The molecular formula is C27H43NO3. The lowest BCUT2D eigenvalue weighted by Crippen LogP contribution is -2.30. The Balaban J connectivity index is 1.35. The van der Waals surface area contributed by atoms with Crippen LogP contribution in [0.25, 0.3) is 0 Å². The van der Waals surface area contributed by atoms with E-state index >= 15 is 0 Å². The number of carbonyl (C=O) groups is 1. The molecule has 2 aliphatic carbocycles. The first kappa shape index (κ1) is 24.1. The summed E-state index contributed by atoms with van der Waals surface area (Å²) in [6.45, 7) is 5.15. The van der Waals surface area contributed by atoms with E-state index in [-0.39, 0.29) is 11.9 Å². The quantitative estimate of drug-likeness (QED) is 0.272. The molecule has 0 atom stereocenters. The first-order valence-electron chi connectivity index (χ1n) is 13.0. The molecule has 0 saturated heterocycles. The highest BCUT2D eigenvalue weighted by Gasteiger charge is 2.33. The Labute approximate surface area is 189 Å². The summed E-state index contributed by atoms with van der Waals surface area (Å²) >= 11 is 0. The minimum atomic E-state index is -0.0832. The predicted molar refractivity (Wildman–Crippen MR) is 125 cm³/mol. The molecule has 174 valence electrons. The van der Waals surface area contributed by atoms with Crippen LogP contribution in [-0.4, -0.2) is 17.6 Å². The lowest BCUT2D eigenvalue weighted by Gasteiger charge is -2.37. The summed E-state index contributed by atoms with van der Waals surface area (Å²) in [7, 11) is 0. The minimum absolute atomic E-state index is 0.0436. The number of rotatable bonds is 11. The predicted octanol–water partition coefficient (Wildman–Crippen LogP) is 7.36. The van der Waals surface area contributed by atoms with Gasteiger partial charge in [-0.15, -0.1) is 0 Å². The highest BCUT2D eigenvalue weighted by molar-refractivity contribution is 5.75. The molecule has 0 bridgehead atoms. The van der Waals surface area contributed by atoms with Crippen LogP contribution in [0.3, 0.4) is 0 Å². The summed E-state index contributed by atoms with van der Waals surface area (Å²) in [5.41, 5.74) is 0. The van der Waals surface area contributed by atoms with E-state index in [4.69, 9.17) is 9.47 Å². The van der Waals surface area contributed by atoms with Crippen LogP contribution >= 0.6 is 0 Å². The number of unbranched alkanes of at least 4 members (excludes halogenated alkanes) is 3. The Morgan fingerprint density at radius 3 is 2.19 bits per heavy atom. The number of hydrogen-bond acceptors (Lipinski definition) is 4. The monoisotopic (exact) mass is 429 g/mol. The standard InChI is InChI=1S/C27H43NO3/c1-3-5-7-19-30-26-18-17-25(20-28-26)31-27(29)24-15-13-23(14-16-24)22-11-9-21(10-12-22)8-6-4-2/h17-18,20-24H,3-16,19H2,1-2H3/t21-,22-,23-,24-. The molecule has 31 heavy (non-hydrogen) atoms. The van der Waals surface area contributed by atoms with Gasteiger partial charge < -0.3 is 9.47 Å². The molecule has 0 spiro atoms. The third-order valence-electron chi connectivity index (χ3n) is 7.55. The molecule has 0 radical (unpaired) electrons. The molecule has 0 N–H and O–H groups in total. The summed E-state index contributed by atoms with van der Waals surface area (Å²) in [6.07, 6.45) is 19.1. The van der Waals surface area contributed by atoms with Crippen LogP contribution in [0.4, 0.5) is 0 Å². The number of hydrogen-bond donors (Lipinski definition) is 0. The number of carbonyl (C=O) groups excluding carboxylic acids is 1. The summed E-state index contributed by atoms with van der Waals surface area (Å²) in [6, 6.07) is 3.59. The van der Waals surface area contributed by atoms with Crippen LogP contribution < -0.4 is 9.47 Å². The van der Waals surface area contributed by atoms with Gasteiger partial charge in [-0.25, -0.2) is 4.98 Å². The van der Waals surface area contributed by atoms with Gasteiger partial charge in [0.1, 0.15) is 5.75 Å². The van der Waals surface area contributed by atoms with Gasteiger partial charge in [0.15, 0.2) is 0 Å². The first-order chi connectivity index (χ1) is 15.2. The number of ether oxygens (including phenoxy) is 2. The van der Waals surface area contributed by atoms with Crippen LogP contribution in [0.5, 0.6) is 11.6 Å². The molecule has 1 heterocycles. The second-order valence-corrected chi connectivity index (χ2v) is 9.84. The Bertz CT molecular complexity index is 628. The molecular weight excluding hydrogens is 386 g/mol. The Morgan fingerprint density at radius 2 is 1.58 bits per heavy atom. The van der Waals surface area contributed by atoms with Gasteiger partial charge in [-0.1, -0.05) is 58.8 Å². The topological polar surface area (TPSA) is 48.4 Å². The van der Waals surface area contributed by atoms with Gasteiger partial charge in [0.25, 0.3) is 0 Å². The maximum Gasteiger partial charge on any atom is 0.314 e. The Hall–Kier alpha value is -1.58. The maximum atomic E-state index is 12.6. The summed E-state index contributed by atoms with van der Waals surface area (Å²) in [5, 5.41) is 0. The maximum absolute atomic E-state index is 12.6. The highest BCUT2D eigenvalue weighted by Crippen LogP contribution is 2.42. The molecule has 1 aromatic heterocycles. The summed E-state index contributed by atoms with van der Waals surface area (Å²) in [5.74, 6) is 3.77. The zero-order chi connectivity index (χ0) is 21.9. The normalized spacial score (nSPS) is 26.4. The van der Waals surface area contributed by atoms with E-state index in [1.54, 1.807) is 18.3 Å². The Morgan fingerprint density at radius 1 is 0.903 bits per heavy atom. The average molecular weight is 430 g/mol. The average Bonchev–Trinajstić information content (AvgIpc) is 2.82. The van der Waals surface area contributed by atoms with Crippen LogP contribution in [0.2, 0.25) is 0 Å². The smallest absolute Gasteiger partial charge is 0.314 e. The molecule has 4 heteroatoms. The zero-order valence-electron chi connectivity index (χ0n) is 19.8. The molecule has 0 aromatic carbocycles. The number of pyridine rings is 1. The van der Waals surface area contributed by atoms with Crippen molar-refractivity contribution in [3.63, 3.8) is 0 Å².